The van der Waals surface area contributed by atoms with Gasteiger partial charge in [0.15, 0.2) is 16.3 Å². The van der Waals surface area contributed by atoms with E-state index in [4.69, 9.17) is 14.2 Å². The average Bonchev–Trinajstić information content (AvgIpc) is 3.34. The van der Waals surface area contributed by atoms with Crippen molar-refractivity contribution in [2.45, 2.75) is 24.8 Å². The van der Waals surface area contributed by atoms with Crippen LogP contribution < -0.4 is 24.4 Å². The molecule has 0 bridgehead atoms. The number of fused-ring (bicyclic) bond motifs is 1. The molecule has 0 fully saturated rings. The maximum Gasteiger partial charge on any atom is 0.338 e. The fourth-order valence-corrected chi connectivity index (χ4v) is 6.92. The minimum absolute atomic E-state index is 0.0754. The summed E-state index contributed by atoms with van der Waals surface area (Å²) in [5, 5.41) is 22.8. The lowest BCUT2D eigenvalue weighted by molar-refractivity contribution is -0.394. The van der Waals surface area contributed by atoms with E-state index in [1.165, 1.54) is 11.7 Å². The molecule has 4 aromatic rings. The number of thiazole rings is 1. The molecule has 0 saturated heterocycles. The Kier molecular flexibility index (Phi) is 9.93. The molecule has 5 rings (SSSR count). The molecule has 0 radical (unpaired) electrons. The summed E-state index contributed by atoms with van der Waals surface area (Å²) in [5.74, 6) is -0.553. The zero-order valence-corrected chi connectivity index (χ0v) is 28.4. The topological polar surface area (TPSA) is 165 Å². The molecule has 3 aromatic carbocycles. The summed E-state index contributed by atoms with van der Waals surface area (Å²) in [6.07, 6.45) is 3.59. The lowest BCUT2D eigenvalue weighted by Gasteiger charge is -2.24. The number of nitro benzene ring substituents is 2. The lowest BCUT2D eigenvalue weighted by atomic mass is 9.96. The molecule has 0 amide bonds. The molecule has 1 atom stereocenters. The first-order valence-electron chi connectivity index (χ1n) is 13.8. The third-order valence-corrected chi connectivity index (χ3v) is 9.38. The van der Waals surface area contributed by atoms with Gasteiger partial charge in [-0.05, 0) is 83.6 Å². The number of carbonyl (C=O) groups excluding carboxylic acids is 1. The van der Waals surface area contributed by atoms with Gasteiger partial charge in [0.25, 0.3) is 11.2 Å². The number of hydrogen-bond donors (Lipinski definition) is 0. The number of non-ortho nitro benzene ring substituents is 1. The van der Waals surface area contributed by atoms with Crippen LogP contribution in [-0.2, 0) is 9.53 Å². The van der Waals surface area contributed by atoms with Gasteiger partial charge in [-0.1, -0.05) is 23.5 Å². The third-order valence-electron chi connectivity index (χ3n) is 7.06. The molecule has 2 heterocycles. The minimum atomic E-state index is -0.782. The smallest absolute Gasteiger partial charge is 0.338 e. The summed E-state index contributed by atoms with van der Waals surface area (Å²) in [5.41, 5.74) is 0.518. The van der Waals surface area contributed by atoms with Crippen LogP contribution in [-0.4, -0.2) is 40.4 Å². The van der Waals surface area contributed by atoms with Crippen molar-refractivity contribution in [1.82, 2.24) is 4.57 Å². The Bertz CT molecular complexity index is 2140. The van der Waals surface area contributed by atoms with E-state index in [1.807, 2.05) is 30.5 Å². The van der Waals surface area contributed by atoms with E-state index in [2.05, 4.69) is 20.9 Å². The van der Waals surface area contributed by atoms with Gasteiger partial charge >= 0.3 is 11.7 Å². The van der Waals surface area contributed by atoms with E-state index in [9.17, 15) is 29.8 Å². The second-order valence-corrected chi connectivity index (χ2v) is 12.6. The van der Waals surface area contributed by atoms with Gasteiger partial charge in [-0.15, -0.1) is 11.8 Å². The normalized spacial score (nSPS) is 14.3. The lowest BCUT2D eigenvalue weighted by Crippen LogP contribution is -2.39. The molecular weight excluding hydrogens is 716 g/mol. The van der Waals surface area contributed by atoms with Crippen molar-refractivity contribution in [2.24, 2.45) is 4.99 Å². The van der Waals surface area contributed by atoms with Crippen molar-refractivity contribution < 1.29 is 28.9 Å². The highest BCUT2D eigenvalue weighted by Gasteiger charge is 2.33. The van der Waals surface area contributed by atoms with Crippen molar-refractivity contribution in [3.63, 3.8) is 0 Å². The number of thioether (sulfide) groups is 1. The first-order valence-corrected chi connectivity index (χ1v) is 16.6. The highest BCUT2D eigenvalue weighted by molar-refractivity contribution is 9.10. The maximum atomic E-state index is 14.0. The largest absolute Gasteiger partial charge is 0.493 e. The van der Waals surface area contributed by atoms with Crippen LogP contribution in [0.2, 0.25) is 0 Å². The van der Waals surface area contributed by atoms with E-state index in [1.54, 1.807) is 43.8 Å². The standard InChI is InChI=1S/C31H25BrN4O9S2/c1-5-44-30(38)26-16(2)33-31-34(27(26)18-6-9-20(46-4)10-7-18)29(37)25(47-31)14-17-12-21(32)28(24(13-17)43-3)45-23-11-8-19(35(39)40)15-22(23)36(41)42/h6-15,27H,5H2,1-4H3/b25-14-/t27-/m0/s1. The Balaban J connectivity index is 1.60. The number of rotatable bonds is 10. The van der Waals surface area contributed by atoms with Crippen molar-refractivity contribution in [3.8, 4) is 17.2 Å². The predicted octanol–water partition coefficient (Wildman–Crippen LogP) is 5.90. The molecule has 16 heteroatoms. The summed E-state index contributed by atoms with van der Waals surface area (Å²) < 4.78 is 18.8. The summed E-state index contributed by atoms with van der Waals surface area (Å²) >= 11 is 6.14. The van der Waals surface area contributed by atoms with E-state index < -0.39 is 33.2 Å². The van der Waals surface area contributed by atoms with Crippen LogP contribution in [0, 0.1) is 20.2 Å². The van der Waals surface area contributed by atoms with Gasteiger partial charge in [-0.25, -0.2) is 9.79 Å². The van der Waals surface area contributed by atoms with Crippen LogP contribution in [0.4, 0.5) is 11.4 Å². The Morgan fingerprint density at radius 3 is 2.45 bits per heavy atom. The number of halogens is 1. The van der Waals surface area contributed by atoms with E-state index >= 15 is 0 Å². The molecular formula is C31H25BrN4O9S2. The quantitative estimate of drug-likeness (QED) is 0.0827. The van der Waals surface area contributed by atoms with Gasteiger partial charge in [0.05, 0.1) is 55.9 Å². The van der Waals surface area contributed by atoms with Crippen LogP contribution >= 0.6 is 39.0 Å². The van der Waals surface area contributed by atoms with Gasteiger partial charge in [0.2, 0.25) is 5.75 Å². The van der Waals surface area contributed by atoms with Crippen molar-refractivity contribution in [3.05, 3.63) is 121 Å². The SMILES string of the molecule is CCOC(=O)C1=C(C)N=c2s/c(=C\c3cc(Br)c(Oc4ccc([N+](=O)[O-])cc4[N+](=O)[O-])c(OC)c3)c(=O)n2[C@H]1c1ccc(SC)cc1. The van der Waals surface area contributed by atoms with Crippen molar-refractivity contribution in [1.29, 1.82) is 0 Å². The number of ether oxygens (including phenoxy) is 3. The molecule has 47 heavy (non-hydrogen) atoms. The number of methoxy groups -OCH3 is 1. The first kappa shape index (κ1) is 33.6. The Morgan fingerprint density at radius 2 is 1.83 bits per heavy atom. The molecule has 0 aliphatic carbocycles. The number of carbonyl (C=O) groups is 1. The van der Waals surface area contributed by atoms with Crippen molar-refractivity contribution in [2.75, 3.05) is 20.0 Å². The van der Waals surface area contributed by atoms with E-state index in [0.717, 1.165) is 40.0 Å². The summed E-state index contributed by atoms with van der Waals surface area (Å²) in [4.78, 5) is 54.4. The fraction of sp³-hybridized carbons (Fsp3) is 0.194. The molecule has 0 unspecified atom stereocenters. The molecule has 1 aliphatic rings. The molecule has 0 spiro atoms. The number of nitro groups is 2. The Morgan fingerprint density at radius 1 is 1.11 bits per heavy atom. The van der Waals surface area contributed by atoms with Crippen LogP contribution in [0.3, 0.4) is 0 Å². The number of esters is 1. The predicted molar refractivity (Wildman–Crippen MR) is 179 cm³/mol. The number of allylic oxidation sites excluding steroid dienone is 1. The monoisotopic (exact) mass is 740 g/mol. The van der Waals surface area contributed by atoms with Gasteiger partial charge in [0.1, 0.15) is 0 Å². The summed E-state index contributed by atoms with van der Waals surface area (Å²) in [6.45, 7) is 3.58. The summed E-state index contributed by atoms with van der Waals surface area (Å²) in [6, 6.07) is 13.1. The highest BCUT2D eigenvalue weighted by atomic mass is 79.9. The molecule has 242 valence electrons. The third kappa shape index (κ3) is 6.70. The summed E-state index contributed by atoms with van der Waals surface area (Å²) in [7, 11) is 1.37. The Hall–Kier alpha value is -4.80. The number of hydrogen-bond acceptors (Lipinski definition) is 12. The molecule has 1 aromatic heterocycles. The Labute approximate surface area is 283 Å². The maximum absolute atomic E-state index is 14.0. The first-order chi connectivity index (χ1) is 22.5. The second kappa shape index (κ2) is 13.9. The highest BCUT2D eigenvalue weighted by Crippen LogP contribution is 2.43. The zero-order chi connectivity index (χ0) is 34.0. The molecule has 0 saturated carbocycles. The van der Waals surface area contributed by atoms with E-state index in [-0.39, 0.29) is 35.0 Å². The number of aromatic nitrogens is 1. The van der Waals surface area contributed by atoms with Crippen LogP contribution in [0.1, 0.15) is 31.0 Å². The average molecular weight is 742 g/mol. The van der Waals surface area contributed by atoms with Crippen LogP contribution in [0.5, 0.6) is 17.2 Å². The van der Waals surface area contributed by atoms with E-state index in [0.29, 0.717) is 25.1 Å². The van der Waals surface area contributed by atoms with Crippen LogP contribution in [0.25, 0.3) is 6.08 Å². The molecule has 13 nitrogen and oxygen atoms in total. The van der Waals surface area contributed by atoms with Crippen LogP contribution in [0.15, 0.2) is 85.0 Å². The second-order valence-electron chi connectivity index (χ2n) is 9.88. The fourth-order valence-electron chi connectivity index (χ4n) is 4.92. The minimum Gasteiger partial charge on any atom is -0.493 e. The van der Waals surface area contributed by atoms with Gasteiger partial charge < -0.3 is 14.2 Å². The molecule has 0 N–H and O–H groups in total. The zero-order valence-electron chi connectivity index (χ0n) is 25.2. The van der Waals surface area contributed by atoms with Gasteiger partial charge in [0, 0.05) is 11.0 Å². The van der Waals surface area contributed by atoms with Crippen molar-refractivity contribution >= 4 is 62.4 Å². The molecule has 1 aliphatic heterocycles. The van der Waals surface area contributed by atoms with Gasteiger partial charge in [-0.2, -0.15) is 0 Å². The number of benzene rings is 3. The number of nitrogens with zero attached hydrogens (tertiary/aromatic N) is 4. The van der Waals surface area contributed by atoms with Gasteiger partial charge in [-0.3, -0.25) is 29.6 Å².